The fourth-order valence-electron chi connectivity index (χ4n) is 6.93. The molecule has 0 aromatic heterocycles. The van der Waals surface area contributed by atoms with E-state index in [0.717, 1.165) is 49.4 Å². The van der Waals surface area contributed by atoms with Gasteiger partial charge in [0.15, 0.2) is 0 Å². The minimum absolute atomic E-state index is 0.00525. The number of aliphatic carboxylic acids is 1. The van der Waals surface area contributed by atoms with E-state index in [1.54, 1.807) is 20.8 Å². The molecular weight excluding hydrogens is 676 g/mol. The van der Waals surface area contributed by atoms with E-state index in [1.807, 2.05) is 97.1 Å². The molecule has 4 aromatic carbocycles. The molecule has 1 unspecified atom stereocenters. The third-order valence-corrected chi connectivity index (χ3v) is 9.25. The third-order valence-electron chi connectivity index (χ3n) is 9.25. The van der Waals surface area contributed by atoms with Crippen molar-refractivity contribution in [2.45, 2.75) is 57.1 Å². The highest BCUT2D eigenvalue weighted by atomic mass is 16.6. The van der Waals surface area contributed by atoms with E-state index < -0.39 is 41.9 Å². The van der Waals surface area contributed by atoms with Crippen LogP contribution in [0.1, 0.15) is 67.7 Å². The second-order valence-corrected chi connectivity index (χ2v) is 13.9. The number of carboxylic acid groups (broad SMARTS) is 1. The van der Waals surface area contributed by atoms with Crippen LogP contribution in [0.25, 0.3) is 22.3 Å². The van der Waals surface area contributed by atoms with Crippen molar-refractivity contribution in [2.75, 3.05) is 19.8 Å². The average Bonchev–Trinajstić information content (AvgIpc) is 3.62. The number of hydrogen-bond donors (Lipinski definition) is 4. The van der Waals surface area contributed by atoms with Crippen molar-refractivity contribution in [1.82, 2.24) is 15.5 Å². The predicted molar refractivity (Wildman–Crippen MR) is 198 cm³/mol. The molecule has 0 saturated carbocycles. The van der Waals surface area contributed by atoms with Gasteiger partial charge in [0, 0.05) is 18.4 Å². The van der Waals surface area contributed by atoms with Gasteiger partial charge in [0.2, 0.25) is 5.96 Å². The van der Waals surface area contributed by atoms with Crippen molar-refractivity contribution in [3.05, 3.63) is 119 Å². The van der Waals surface area contributed by atoms with Crippen LogP contribution in [0.5, 0.6) is 0 Å². The lowest BCUT2D eigenvalue weighted by Crippen LogP contribution is -2.48. The van der Waals surface area contributed by atoms with Crippen molar-refractivity contribution in [3.8, 4) is 22.3 Å². The minimum Gasteiger partial charge on any atom is -0.480 e. The number of carbonyl (C=O) groups is 4. The highest BCUT2D eigenvalue weighted by Crippen LogP contribution is 2.45. The van der Waals surface area contributed by atoms with Gasteiger partial charge < -0.3 is 24.6 Å². The first kappa shape index (κ1) is 36.6. The van der Waals surface area contributed by atoms with Crippen molar-refractivity contribution in [3.63, 3.8) is 0 Å². The minimum atomic E-state index is -1.33. The standard InChI is InChI=1S/C41H42N4O8/c1-41(2,3)53-39(49)43-35(36(46)47)21-12-22-45(40(50)52-24-34-31-19-10-6-15-27(31)28-16-7-11-20-32(28)34)37(42)44-38(48)51-23-33-29-17-8-4-13-25(29)26-14-5-9-18-30(26)33/h4-11,13-20,33-35H,12,21-24H2,1-3H3,(H,43,49)(H,46,47)(H2,42,44,48). The Morgan fingerprint density at radius 3 is 1.58 bits per heavy atom. The maximum atomic E-state index is 13.7. The number of carboxylic acids is 1. The second kappa shape index (κ2) is 15.6. The van der Waals surface area contributed by atoms with E-state index in [-0.39, 0.29) is 44.4 Å². The molecule has 2 aliphatic carbocycles. The van der Waals surface area contributed by atoms with Crippen LogP contribution in [0.2, 0.25) is 0 Å². The molecule has 0 aliphatic heterocycles. The zero-order valence-electron chi connectivity index (χ0n) is 29.8. The van der Waals surface area contributed by atoms with Gasteiger partial charge in [0.05, 0.1) is 0 Å². The van der Waals surface area contributed by atoms with E-state index in [1.165, 1.54) is 0 Å². The Hall–Kier alpha value is -6.17. The van der Waals surface area contributed by atoms with E-state index in [2.05, 4.69) is 10.6 Å². The molecule has 0 radical (unpaired) electrons. The summed E-state index contributed by atoms with van der Waals surface area (Å²) in [5.41, 5.74) is 7.41. The van der Waals surface area contributed by atoms with Crippen LogP contribution in [0.15, 0.2) is 97.1 Å². The van der Waals surface area contributed by atoms with Crippen LogP contribution in [-0.2, 0) is 19.0 Å². The summed E-state index contributed by atoms with van der Waals surface area (Å²) in [5.74, 6) is -2.38. The molecule has 3 amide bonds. The summed E-state index contributed by atoms with van der Waals surface area (Å²) < 4.78 is 16.6. The summed E-state index contributed by atoms with van der Waals surface area (Å²) in [5, 5.41) is 23.2. The van der Waals surface area contributed by atoms with Gasteiger partial charge in [-0.25, -0.2) is 24.1 Å². The van der Waals surface area contributed by atoms with Gasteiger partial charge >= 0.3 is 24.2 Å². The number of rotatable bonds is 10. The number of carbonyl (C=O) groups excluding carboxylic acids is 3. The highest BCUT2D eigenvalue weighted by Gasteiger charge is 2.33. The molecule has 2 aliphatic rings. The lowest BCUT2D eigenvalue weighted by Gasteiger charge is -2.25. The van der Waals surface area contributed by atoms with E-state index in [9.17, 15) is 24.3 Å². The first-order valence-electron chi connectivity index (χ1n) is 17.5. The average molecular weight is 719 g/mol. The van der Waals surface area contributed by atoms with Gasteiger partial charge in [0.1, 0.15) is 24.9 Å². The maximum absolute atomic E-state index is 13.7. The van der Waals surface area contributed by atoms with Crippen molar-refractivity contribution < 1.29 is 38.5 Å². The molecule has 4 aromatic rings. The first-order chi connectivity index (χ1) is 25.4. The molecular formula is C41H42N4O8. The molecule has 0 heterocycles. The fraction of sp³-hybridized carbons (Fsp3) is 0.293. The monoisotopic (exact) mass is 718 g/mol. The van der Waals surface area contributed by atoms with Gasteiger partial charge in [-0.1, -0.05) is 97.1 Å². The number of nitrogens with one attached hydrogen (secondary N) is 3. The maximum Gasteiger partial charge on any atom is 0.416 e. The Morgan fingerprint density at radius 1 is 0.717 bits per heavy atom. The first-order valence-corrected chi connectivity index (χ1v) is 17.5. The highest BCUT2D eigenvalue weighted by molar-refractivity contribution is 5.99. The van der Waals surface area contributed by atoms with Gasteiger partial charge in [-0.05, 0) is 78.1 Å². The van der Waals surface area contributed by atoms with Crippen LogP contribution < -0.4 is 10.6 Å². The Labute approximate surface area is 307 Å². The van der Waals surface area contributed by atoms with Crippen LogP contribution in [0.3, 0.4) is 0 Å². The van der Waals surface area contributed by atoms with Gasteiger partial charge in [-0.2, -0.15) is 0 Å². The number of hydrogen-bond acceptors (Lipinski definition) is 8. The zero-order valence-corrected chi connectivity index (χ0v) is 29.8. The van der Waals surface area contributed by atoms with Gasteiger partial charge in [-0.3, -0.25) is 10.7 Å². The second-order valence-electron chi connectivity index (χ2n) is 13.9. The number of ether oxygens (including phenoxy) is 3. The summed E-state index contributed by atoms with van der Waals surface area (Å²) in [6, 6.07) is 30.2. The van der Waals surface area contributed by atoms with E-state index in [4.69, 9.17) is 19.6 Å². The lowest BCUT2D eigenvalue weighted by atomic mass is 9.98. The van der Waals surface area contributed by atoms with Crippen molar-refractivity contribution in [2.24, 2.45) is 0 Å². The predicted octanol–water partition coefficient (Wildman–Crippen LogP) is 7.47. The molecule has 0 spiro atoms. The van der Waals surface area contributed by atoms with Crippen molar-refractivity contribution in [1.29, 1.82) is 5.41 Å². The molecule has 0 fully saturated rings. The quantitative estimate of drug-likeness (QED) is 0.0744. The molecule has 0 bridgehead atoms. The lowest BCUT2D eigenvalue weighted by molar-refractivity contribution is -0.139. The summed E-state index contributed by atoms with van der Waals surface area (Å²) in [4.78, 5) is 52.0. The topological polar surface area (TPSA) is 167 Å². The van der Waals surface area contributed by atoms with Crippen LogP contribution in [0.4, 0.5) is 14.4 Å². The fourth-order valence-corrected chi connectivity index (χ4v) is 6.93. The molecule has 1 atom stereocenters. The third kappa shape index (κ3) is 8.33. The van der Waals surface area contributed by atoms with Crippen LogP contribution in [-0.4, -0.2) is 71.6 Å². The summed E-state index contributed by atoms with van der Waals surface area (Å²) in [6.07, 6.45) is -2.85. The van der Waals surface area contributed by atoms with E-state index >= 15 is 0 Å². The largest absolute Gasteiger partial charge is 0.480 e. The molecule has 6 rings (SSSR count). The number of fused-ring (bicyclic) bond motifs is 6. The number of benzene rings is 4. The Bertz CT molecular complexity index is 1950. The molecule has 4 N–H and O–H groups in total. The molecule has 53 heavy (non-hydrogen) atoms. The SMILES string of the molecule is CC(C)(C)OC(=O)NC(CCCN(C(=N)NC(=O)OCC1c2ccccc2-c2ccccc21)C(=O)OCC1c2ccccc2-c2ccccc21)C(=O)O. The van der Waals surface area contributed by atoms with Crippen LogP contribution >= 0.6 is 0 Å². The van der Waals surface area contributed by atoms with Gasteiger partial charge in [0.25, 0.3) is 0 Å². The van der Waals surface area contributed by atoms with E-state index in [0.29, 0.717) is 0 Å². The smallest absolute Gasteiger partial charge is 0.416 e. The summed E-state index contributed by atoms with van der Waals surface area (Å²) >= 11 is 0. The van der Waals surface area contributed by atoms with Gasteiger partial charge in [-0.15, -0.1) is 0 Å². The Morgan fingerprint density at radius 2 is 1.15 bits per heavy atom. The molecule has 12 nitrogen and oxygen atoms in total. The number of guanidine groups is 1. The Kier molecular flexibility index (Phi) is 10.8. The van der Waals surface area contributed by atoms with Crippen molar-refractivity contribution >= 4 is 30.2 Å². The number of nitrogens with zero attached hydrogens (tertiary/aromatic N) is 1. The number of alkyl carbamates (subject to hydrolysis) is 2. The molecule has 12 heteroatoms. The molecule has 0 saturated heterocycles. The number of amides is 3. The summed E-state index contributed by atoms with van der Waals surface area (Å²) in [7, 11) is 0. The zero-order chi connectivity index (χ0) is 37.7. The molecule has 274 valence electrons. The van der Waals surface area contributed by atoms with Crippen LogP contribution in [0, 0.1) is 5.41 Å². The summed E-state index contributed by atoms with van der Waals surface area (Å²) in [6.45, 7) is 4.71. The Balaban J connectivity index is 1.13. The normalized spacial score (nSPS) is 13.4.